The van der Waals surface area contributed by atoms with E-state index in [9.17, 15) is 9.59 Å². The zero-order chi connectivity index (χ0) is 15.5. The van der Waals surface area contributed by atoms with Gasteiger partial charge in [0.25, 0.3) is 5.91 Å². The molecule has 1 aliphatic carbocycles. The molecule has 2 aliphatic heterocycles. The number of imide groups is 1. The quantitative estimate of drug-likeness (QED) is 0.794. The molecule has 0 aromatic rings. The minimum absolute atomic E-state index is 0.0160. The van der Waals surface area contributed by atoms with Crippen molar-refractivity contribution in [3.63, 3.8) is 0 Å². The average Bonchev–Trinajstić information content (AvgIpc) is 3.15. The third-order valence-electron chi connectivity index (χ3n) is 5.60. The topological polar surface area (TPSA) is 58.6 Å². The molecule has 3 fully saturated rings. The number of ether oxygens (including phenoxy) is 1. The Morgan fingerprint density at radius 2 is 1.86 bits per heavy atom. The fraction of sp³-hybridized carbons (Fsp3) is 0.882. The summed E-state index contributed by atoms with van der Waals surface area (Å²) in [6.45, 7) is 3.53. The van der Waals surface area contributed by atoms with Crippen LogP contribution >= 0.6 is 0 Å². The van der Waals surface area contributed by atoms with Gasteiger partial charge in [0.05, 0.1) is 0 Å². The standard InChI is InChI=1S/C17H28N2O3/c1-2-5-14(12-6-3-4-7-12)19-16(20)15(18-17(19)21)13-8-10-22-11-9-13/h12-15H,2-11H2,1H3,(H,18,21). The number of rotatable bonds is 5. The van der Waals surface area contributed by atoms with Crippen molar-refractivity contribution in [2.45, 2.75) is 70.4 Å². The smallest absolute Gasteiger partial charge is 0.325 e. The van der Waals surface area contributed by atoms with E-state index in [0.29, 0.717) is 19.1 Å². The molecular weight excluding hydrogens is 280 g/mol. The lowest BCUT2D eigenvalue weighted by Crippen LogP contribution is -2.45. The lowest BCUT2D eigenvalue weighted by Gasteiger charge is -2.31. The van der Waals surface area contributed by atoms with E-state index in [4.69, 9.17) is 4.74 Å². The molecule has 2 heterocycles. The second kappa shape index (κ2) is 6.99. The summed E-state index contributed by atoms with van der Waals surface area (Å²) in [6.07, 6.45) is 8.46. The number of carbonyl (C=O) groups is 2. The van der Waals surface area contributed by atoms with Crippen molar-refractivity contribution < 1.29 is 14.3 Å². The fourth-order valence-electron chi connectivity index (χ4n) is 4.41. The first-order chi connectivity index (χ1) is 10.7. The molecule has 5 heteroatoms. The van der Waals surface area contributed by atoms with Crippen LogP contribution in [0.2, 0.25) is 0 Å². The van der Waals surface area contributed by atoms with Gasteiger partial charge in [-0.05, 0) is 43.9 Å². The third kappa shape index (κ3) is 3.00. The number of nitrogens with zero attached hydrogens (tertiary/aromatic N) is 1. The van der Waals surface area contributed by atoms with Gasteiger partial charge >= 0.3 is 6.03 Å². The molecule has 3 rings (SSSR count). The molecule has 2 atom stereocenters. The summed E-state index contributed by atoms with van der Waals surface area (Å²) in [5.41, 5.74) is 0. The van der Waals surface area contributed by atoms with Gasteiger partial charge in [-0.2, -0.15) is 0 Å². The lowest BCUT2D eigenvalue weighted by atomic mass is 9.90. The van der Waals surface area contributed by atoms with Gasteiger partial charge in [-0.1, -0.05) is 26.2 Å². The van der Waals surface area contributed by atoms with Crippen LogP contribution in [0.3, 0.4) is 0 Å². The Morgan fingerprint density at radius 3 is 2.50 bits per heavy atom. The highest BCUT2D eigenvalue weighted by atomic mass is 16.5. The molecule has 0 spiro atoms. The van der Waals surface area contributed by atoms with Crippen LogP contribution in [0.5, 0.6) is 0 Å². The summed E-state index contributed by atoms with van der Waals surface area (Å²) in [5, 5.41) is 2.97. The SMILES string of the molecule is CCCC(C1CCCC1)N1C(=O)NC(C2CCOCC2)C1=O. The van der Waals surface area contributed by atoms with Gasteiger partial charge in [0, 0.05) is 19.3 Å². The molecule has 2 saturated heterocycles. The van der Waals surface area contributed by atoms with E-state index in [1.807, 2.05) is 0 Å². The van der Waals surface area contributed by atoms with Crippen LogP contribution in [-0.4, -0.2) is 42.1 Å². The Balaban J connectivity index is 1.73. The monoisotopic (exact) mass is 308 g/mol. The zero-order valence-electron chi connectivity index (χ0n) is 13.6. The maximum atomic E-state index is 12.9. The van der Waals surface area contributed by atoms with Crippen molar-refractivity contribution in [2.24, 2.45) is 11.8 Å². The molecule has 5 nitrogen and oxygen atoms in total. The Morgan fingerprint density at radius 1 is 1.18 bits per heavy atom. The molecule has 0 aromatic heterocycles. The summed E-state index contributed by atoms with van der Waals surface area (Å²) >= 11 is 0. The van der Waals surface area contributed by atoms with Crippen molar-refractivity contribution >= 4 is 11.9 Å². The second-order valence-corrected chi connectivity index (χ2v) is 6.99. The van der Waals surface area contributed by atoms with Crippen LogP contribution < -0.4 is 5.32 Å². The van der Waals surface area contributed by atoms with Gasteiger partial charge in [-0.3, -0.25) is 9.69 Å². The molecule has 2 unspecified atom stereocenters. The molecule has 3 amide bonds. The van der Waals surface area contributed by atoms with Crippen molar-refractivity contribution in [3.8, 4) is 0 Å². The Kier molecular flexibility index (Phi) is 5.01. The predicted molar refractivity (Wildman–Crippen MR) is 83.4 cm³/mol. The fourth-order valence-corrected chi connectivity index (χ4v) is 4.41. The van der Waals surface area contributed by atoms with Gasteiger partial charge in [0.15, 0.2) is 0 Å². The molecule has 22 heavy (non-hydrogen) atoms. The molecule has 1 saturated carbocycles. The van der Waals surface area contributed by atoms with E-state index >= 15 is 0 Å². The number of nitrogens with one attached hydrogen (secondary N) is 1. The van der Waals surface area contributed by atoms with Gasteiger partial charge < -0.3 is 10.1 Å². The minimum Gasteiger partial charge on any atom is -0.381 e. The van der Waals surface area contributed by atoms with Crippen molar-refractivity contribution in [3.05, 3.63) is 0 Å². The normalized spacial score (nSPS) is 29.1. The van der Waals surface area contributed by atoms with E-state index in [2.05, 4.69) is 12.2 Å². The average molecular weight is 308 g/mol. The maximum Gasteiger partial charge on any atom is 0.325 e. The Hall–Kier alpha value is -1.10. The summed E-state index contributed by atoms with van der Waals surface area (Å²) in [6, 6.07) is -0.381. The van der Waals surface area contributed by atoms with Crippen molar-refractivity contribution in [1.82, 2.24) is 10.2 Å². The first-order valence-electron chi connectivity index (χ1n) is 8.93. The molecule has 0 bridgehead atoms. The molecule has 0 radical (unpaired) electrons. The Labute approximate surface area is 132 Å². The van der Waals surface area contributed by atoms with Gasteiger partial charge in [-0.15, -0.1) is 0 Å². The zero-order valence-corrected chi connectivity index (χ0v) is 13.6. The van der Waals surface area contributed by atoms with Crippen molar-refractivity contribution in [1.29, 1.82) is 0 Å². The van der Waals surface area contributed by atoms with Crippen LogP contribution in [-0.2, 0) is 9.53 Å². The van der Waals surface area contributed by atoms with Gasteiger partial charge in [0.2, 0.25) is 0 Å². The maximum absolute atomic E-state index is 12.9. The largest absolute Gasteiger partial charge is 0.381 e. The van der Waals surface area contributed by atoms with Gasteiger partial charge in [-0.25, -0.2) is 4.79 Å². The van der Waals surface area contributed by atoms with E-state index < -0.39 is 0 Å². The van der Waals surface area contributed by atoms with E-state index in [1.165, 1.54) is 12.8 Å². The van der Waals surface area contributed by atoms with E-state index in [0.717, 1.165) is 38.5 Å². The first kappa shape index (κ1) is 15.8. The van der Waals surface area contributed by atoms with Gasteiger partial charge in [0.1, 0.15) is 6.04 Å². The minimum atomic E-state index is -0.322. The van der Waals surface area contributed by atoms with Crippen LogP contribution in [0.1, 0.15) is 58.3 Å². The van der Waals surface area contributed by atoms with Crippen LogP contribution in [0, 0.1) is 11.8 Å². The van der Waals surface area contributed by atoms with E-state index in [-0.39, 0.29) is 29.9 Å². The molecule has 1 N–H and O–H groups in total. The van der Waals surface area contributed by atoms with E-state index in [1.54, 1.807) is 4.90 Å². The highest BCUT2D eigenvalue weighted by molar-refractivity contribution is 6.04. The highest BCUT2D eigenvalue weighted by Crippen LogP contribution is 2.35. The number of amides is 3. The van der Waals surface area contributed by atoms with Crippen LogP contribution in [0.15, 0.2) is 0 Å². The highest BCUT2D eigenvalue weighted by Gasteiger charge is 2.47. The summed E-state index contributed by atoms with van der Waals surface area (Å²) < 4.78 is 5.38. The summed E-state index contributed by atoms with van der Waals surface area (Å²) in [5.74, 6) is 0.756. The molecule has 3 aliphatic rings. The Bertz CT molecular complexity index is 414. The van der Waals surface area contributed by atoms with Crippen molar-refractivity contribution in [2.75, 3.05) is 13.2 Å². The predicted octanol–water partition coefficient (Wildman–Crippen LogP) is 2.69. The molecule has 0 aromatic carbocycles. The third-order valence-corrected chi connectivity index (χ3v) is 5.60. The van der Waals surface area contributed by atoms with Crippen LogP contribution in [0.25, 0.3) is 0 Å². The molecule has 124 valence electrons. The summed E-state index contributed by atoms with van der Waals surface area (Å²) in [4.78, 5) is 26.9. The number of carbonyl (C=O) groups excluding carboxylic acids is 2. The summed E-state index contributed by atoms with van der Waals surface area (Å²) in [7, 11) is 0. The molecular formula is C17H28N2O3. The number of hydrogen-bond acceptors (Lipinski definition) is 3. The second-order valence-electron chi connectivity index (χ2n) is 6.99. The first-order valence-corrected chi connectivity index (χ1v) is 8.93. The van der Waals surface area contributed by atoms with Crippen LogP contribution in [0.4, 0.5) is 4.79 Å². The number of hydrogen-bond donors (Lipinski definition) is 1. The lowest BCUT2D eigenvalue weighted by molar-refractivity contribution is -0.131. The number of urea groups is 1.